The van der Waals surface area contributed by atoms with Crippen LogP contribution in [0.15, 0.2) is 89.6 Å². The molecule has 3 heterocycles. The molecule has 1 atom stereocenters. The van der Waals surface area contributed by atoms with Crippen LogP contribution in [0.5, 0.6) is 0 Å². The van der Waals surface area contributed by atoms with Crippen LogP contribution in [-0.2, 0) is 0 Å². The molecule has 1 unspecified atom stereocenters. The Labute approximate surface area is 262 Å². The fourth-order valence-corrected chi connectivity index (χ4v) is 5.56. The molecule has 0 saturated carbocycles. The summed E-state index contributed by atoms with van der Waals surface area (Å²) in [4.78, 5) is 21.6. The average Bonchev–Trinajstić information content (AvgIpc) is 3.49. The topological polar surface area (TPSA) is 84.5 Å². The van der Waals surface area contributed by atoms with E-state index in [0.29, 0.717) is 23.1 Å². The van der Waals surface area contributed by atoms with E-state index >= 15 is 0 Å². The Balaban J connectivity index is 1.42. The number of terminal acetylenes is 1. The number of likely N-dealkylation sites (tertiary alicyclic amines) is 1. The zero-order valence-electron chi connectivity index (χ0n) is 26.5. The van der Waals surface area contributed by atoms with Gasteiger partial charge in [-0.3, -0.25) is 9.89 Å². The van der Waals surface area contributed by atoms with Crippen molar-refractivity contribution in [2.24, 2.45) is 4.99 Å². The van der Waals surface area contributed by atoms with E-state index in [0.717, 1.165) is 97.8 Å². The Hall–Kier alpha value is -4.61. The monoisotopic (exact) mass is 590 g/mol. The van der Waals surface area contributed by atoms with E-state index in [9.17, 15) is 0 Å². The normalized spacial score (nSPS) is 15.9. The van der Waals surface area contributed by atoms with Crippen LogP contribution in [0.2, 0.25) is 0 Å². The molecule has 0 amide bonds. The lowest BCUT2D eigenvalue weighted by Gasteiger charge is -2.33. The molecule has 8 heteroatoms. The number of H-pyrrole nitrogens is 1. The SMILES string of the molecule is C#CC(=C)NC1CCCN(CC(/C=C(\N=C)C(=C)Nc2ccc(-c3cc4c(N(CC)CCCC)ncnc4[nH]3)cc2)=C/C)C1. The van der Waals surface area contributed by atoms with Gasteiger partial charge in [0.15, 0.2) is 0 Å². The van der Waals surface area contributed by atoms with Gasteiger partial charge >= 0.3 is 0 Å². The molecule has 3 N–H and O–H groups in total. The number of benzene rings is 1. The Morgan fingerprint density at radius 2 is 2.05 bits per heavy atom. The summed E-state index contributed by atoms with van der Waals surface area (Å²) in [5.74, 6) is 3.56. The van der Waals surface area contributed by atoms with Crippen LogP contribution in [0.1, 0.15) is 46.5 Å². The van der Waals surface area contributed by atoms with Crippen LogP contribution in [0, 0.1) is 12.3 Å². The van der Waals surface area contributed by atoms with Crippen molar-refractivity contribution in [3.8, 4) is 23.6 Å². The Morgan fingerprint density at radius 3 is 2.73 bits per heavy atom. The minimum absolute atomic E-state index is 0.308. The molecule has 1 fully saturated rings. The van der Waals surface area contributed by atoms with Gasteiger partial charge in [0.05, 0.1) is 22.5 Å². The number of aromatic nitrogens is 3. The molecule has 0 spiro atoms. The Kier molecular flexibility index (Phi) is 11.6. The van der Waals surface area contributed by atoms with Gasteiger partial charge in [0.25, 0.3) is 0 Å². The molecular weight excluding hydrogens is 544 g/mol. The third-order valence-corrected chi connectivity index (χ3v) is 8.00. The molecule has 0 bridgehead atoms. The highest BCUT2D eigenvalue weighted by Crippen LogP contribution is 2.30. The van der Waals surface area contributed by atoms with E-state index in [1.165, 1.54) is 0 Å². The second-order valence-electron chi connectivity index (χ2n) is 11.1. The lowest BCUT2D eigenvalue weighted by Crippen LogP contribution is -2.45. The predicted octanol–water partition coefficient (Wildman–Crippen LogP) is 6.91. The molecule has 1 aliphatic rings. The summed E-state index contributed by atoms with van der Waals surface area (Å²) in [5, 5.41) is 7.80. The number of nitrogens with zero attached hydrogens (tertiary/aromatic N) is 5. The summed E-state index contributed by atoms with van der Waals surface area (Å²) in [6, 6.07) is 10.7. The van der Waals surface area contributed by atoms with Gasteiger partial charge in [0, 0.05) is 43.6 Å². The minimum Gasteiger partial charge on any atom is -0.375 e. The molecule has 2 aromatic heterocycles. The number of piperidine rings is 1. The Morgan fingerprint density at radius 1 is 1.25 bits per heavy atom. The molecule has 8 nitrogen and oxygen atoms in total. The fraction of sp³-hybridized carbons (Fsp3) is 0.361. The first-order valence-electron chi connectivity index (χ1n) is 15.5. The number of unbranched alkanes of at least 4 members (excludes halogenated alkanes) is 1. The first-order chi connectivity index (χ1) is 21.4. The number of nitrogens with one attached hydrogen (secondary N) is 3. The number of fused-ring (bicyclic) bond motifs is 1. The molecule has 1 aromatic carbocycles. The maximum atomic E-state index is 5.48. The van der Waals surface area contributed by atoms with Crippen LogP contribution in [-0.4, -0.2) is 65.3 Å². The highest BCUT2D eigenvalue weighted by molar-refractivity contribution is 5.92. The van der Waals surface area contributed by atoms with E-state index in [-0.39, 0.29) is 0 Å². The molecule has 0 aliphatic carbocycles. The molecule has 230 valence electrons. The van der Waals surface area contributed by atoms with Gasteiger partial charge in [-0.1, -0.05) is 50.6 Å². The molecule has 0 radical (unpaired) electrons. The number of hydrogen-bond donors (Lipinski definition) is 3. The number of hydrogen-bond acceptors (Lipinski definition) is 7. The highest BCUT2D eigenvalue weighted by atomic mass is 15.2. The summed E-state index contributed by atoms with van der Waals surface area (Å²) in [6.45, 7) is 23.0. The van der Waals surface area contributed by atoms with E-state index in [1.54, 1.807) is 6.33 Å². The fourth-order valence-electron chi connectivity index (χ4n) is 5.56. The van der Waals surface area contributed by atoms with Crippen LogP contribution in [0.25, 0.3) is 22.3 Å². The maximum absolute atomic E-state index is 5.48. The summed E-state index contributed by atoms with van der Waals surface area (Å²) in [5.41, 5.74) is 7.02. The number of aliphatic imine (C=N–C) groups is 1. The zero-order chi connectivity index (χ0) is 31.5. The highest BCUT2D eigenvalue weighted by Gasteiger charge is 2.20. The van der Waals surface area contributed by atoms with Gasteiger partial charge in [-0.25, -0.2) is 9.97 Å². The van der Waals surface area contributed by atoms with Crippen molar-refractivity contribution in [1.82, 2.24) is 25.2 Å². The molecule has 4 rings (SSSR count). The van der Waals surface area contributed by atoms with Crippen LogP contribution in [0.3, 0.4) is 0 Å². The maximum Gasteiger partial charge on any atom is 0.143 e. The van der Waals surface area contributed by atoms with E-state index in [2.05, 4.69) is 110 Å². The minimum atomic E-state index is 0.308. The Bertz CT molecular complexity index is 1550. The lowest BCUT2D eigenvalue weighted by molar-refractivity contribution is 0.212. The second kappa shape index (κ2) is 15.7. The summed E-state index contributed by atoms with van der Waals surface area (Å²) in [6.07, 6.45) is 15.8. The van der Waals surface area contributed by atoms with E-state index in [1.807, 2.05) is 19.1 Å². The predicted molar refractivity (Wildman–Crippen MR) is 187 cm³/mol. The van der Waals surface area contributed by atoms with Gasteiger partial charge in [-0.05, 0) is 81.8 Å². The van der Waals surface area contributed by atoms with E-state index in [4.69, 9.17) is 6.42 Å². The summed E-state index contributed by atoms with van der Waals surface area (Å²) in [7, 11) is 0. The molecule has 1 saturated heterocycles. The van der Waals surface area contributed by atoms with Crippen LogP contribution in [0.4, 0.5) is 11.5 Å². The van der Waals surface area contributed by atoms with Crippen molar-refractivity contribution in [3.63, 3.8) is 0 Å². The third-order valence-electron chi connectivity index (χ3n) is 8.00. The number of rotatable bonds is 15. The quantitative estimate of drug-likeness (QED) is 0.101. The molecular formula is C36H46N8. The zero-order valence-corrected chi connectivity index (χ0v) is 26.5. The summed E-state index contributed by atoms with van der Waals surface area (Å²) >= 11 is 0. The third kappa shape index (κ3) is 8.27. The van der Waals surface area contributed by atoms with Crippen molar-refractivity contribution < 1.29 is 0 Å². The number of aromatic amines is 1. The van der Waals surface area contributed by atoms with Gasteiger partial charge < -0.3 is 20.5 Å². The van der Waals surface area contributed by atoms with Gasteiger partial charge in [-0.2, -0.15) is 0 Å². The standard InChI is InChI=1S/C36H46N8/c1-8-12-20-44(11-4)36-32-22-34(42-35(32)38-25-39-36)29-15-17-30(18-16-29)41-27(6)33(37-7)21-28(10-3)23-43-19-13-14-31(24-43)40-26(5)9-2/h2,10,15-18,21-22,25,31,40-41H,5-8,11-14,19-20,23-24H2,1,3-4H3,(H,38,39,42)/b28-10+,33-21-. The number of allylic oxidation sites excluding steroid dienone is 2. The first-order valence-corrected chi connectivity index (χ1v) is 15.5. The molecule has 44 heavy (non-hydrogen) atoms. The first kappa shape index (κ1) is 32.3. The van der Waals surface area contributed by atoms with Crippen LogP contribution >= 0.6 is 0 Å². The van der Waals surface area contributed by atoms with Crippen molar-refractivity contribution >= 4 is 29.3 Å². The van der Waals surface area contributed by atoms with Crippen molar-refractivity contribution in [1.29, 1.82) is 0 Å². The smallest absolute Gasteiger partial charge is 0.143 e. The largest absolute Gasteiger partial charge is 0.375 e. The van der Waals surface area contributed by atoms with E-state index < -0.39 is 0 Å². The summed E-state index contributed by atoms with van der Waals surface area (Å²) < 4.78 is 0. The second-order valence-corrected chi connectivity index (χ2v) is 11.1. The van der Waals surface area contributed by atoms with Gasteiger partial charge in [0.1, 0.15) is 17.8 Å². The molecule has 1 aliphatic heterocycles. The van der Waals surface area contributed by atoms with Gasteiger partial charge in [-0.15, -0.1) is 6.42 Å². The average molecular weight is 591 g/mol. The van der Waals surface area contributed by atoms with Crippen LogP contribution < -0.4 is 15.5 Å². The lowest BCUT2D eigenvalue weighted by atomic mass is 10.0. The van der Waals surface area contributed by atoms with Crippen molar-refractivity contribution in [2.45, 2.75) is 52.5 Å². The molecule has 3 aromatic rings. The van der Waals surface area contributed by atoms with Gasteiger partial charge in [0.2, 0.25) is 0 Å². The number of anilines is 2. The van der Waals surface area contributed by atoms with Crippen molar-refractivity contribution in [3.05, 3.63) is 84.6 Å². The van der Waals surface area contributed by atoms with Crippen molar-refractivity contribution in [2.75, 3.05) is 42.9 Å².